The Morgan fingerprint density at radius 1 is 1.20 bits per heavy atom. The average Bonchev–Trinajstić information content (AvgIpc) is 2.48. The molecule has 4 heteroatoms. The molecule has 2 aromatic carbocycles. The van der Waals surface area contributed by atoms with E-state index in [4.69, 9.17) is 10.5 Å². The quantitative estimate of drug-likeness (QED) is 0.662. The van der Waals surface area contributed by atoms with Crippen LogP contribution in [-0.2, 0) is 9.53 Å². The molecule has 0 aliphatic heterocycles. The summed E-state index contributed by atoms with van der Waals surface area (Å²) in [7, 11) is 1.38. The fourth-order valence-electron chi connectivity index (χ4n) is 1.94. The topological polar surface area (TPSA) is 64.3 Å². The van der Waals surface area contributed by atoms with Gasteiger partial charge >= 0.3 is 5.97 Å². The van der Waals surface area contributed by atoms with Gasteiger partial charge in [-0.2, -0.15) is 0 Å². The van der Waals surface area contributed by atoms with Crippen LogP contribution in [0, 0.1) is 6.92 Å². The number of nitrogen functional groups attached to an aromatic ring is 1. The zero-order valence-corrected chi connectivity index (χ0v) is 11.6. The van der Waals surface area contributed by atoms with Crippen LogP contribution in [0.2, 0.25) is 0 Å². The summed E-state index contributed by atoms with van der Waals surface area (Å²) in [6.07, 6.45) is 0. The van der Waals surface area contributed by atoms with Crippen molar-refractivity contribution in [1.82, 2.24) is 0 Å². The molecule has 0 heterocycles. The number of anilines is 2. The van der Waals surface area contributed by atoms with Gasteiger partial charge in [0.15, 0.2) is 6.04 Å². The molecule has 0 fully saturated rings. The molecule has 0 aliphatic carbocycles. The van der Waals surface area contributed by atoms with Crippen molar-refractivity contribution in [2.75, 3.05) is 18.2 Å². The molecular formula is C16H18N2O2. The molecule has 20 heavy (non-hydrogen) atoms. The normalized spacial score (nSPS) is 11.7. The van der Waals surface area contributed by atoms with Crippen molar-refractivity contribution < 1.29 is 9.53 Å². The first-order chi connectivity index (χ1) is 9.61. The van der Waals surface area contributed by atoms with Crippen molar-refractivity contribution in [3.63, 3.8) is 0 Å². The Morgan fingerprint density at radius 3 is 2.50 bits per heavy atom. The maximum absolute atomic E-state index is 12.0. The molecule has 0 aromatic heterocycles. The number of carbonyl (C=O) groups is 1. The van der Waals surface area contributed by atoms with Crippen molar-refractivity contribution in [2.24, 2.45) is 0 Å². The Hall–Kier alpha value is -2.49. The SMILES string of the molecule is COC(=O)C(Nc1ccc(C)c(N)c1)c1ccccc1. The van der Waals surface area contributed by atoms with Crippen molar-refractivity contribution in [3.05, 3.63) is 59.7 Å². The number of carbonyl (C=O) groups excluding carboxylic acids is 1. The second-order valence-corrected chi connectivity index (χ2v) is 4.58. The molecule has 2 rings (SSSR count). The third-order valence-electron chi connectivity index (χ3n) is 3.16. The van der Waals surface area contributed by atoms with E-state index in [1.165, 1.54) is 7.11 Å². The monoisotopic (exact) mass is 270 g/mol. The summed E-state index contributed by atoms with van der Waals surface area (Å²) in [6, 6.07) is 14.5. The zero-order chi connectivity index (χ0) is 14.5. The van der Waals surface area contributed by atoms with E-state index in [1.807, 2.05) is 55.5 Å². The smallest absolute Gasteiger partial charge is 0.332 e. The van der Waals surface area contributed by atoms with Crippen LogP contribution in [0.15, 0.2) is 48.5 Å². The minimum Gasteiger partial charge on any atom is -0.467 e. The van der Waals surface area contributed by atoms with Crippen LogP contribution in [0.5, 0.6) is 0 Å². The van der Waals surface area contributed by atoms with Crippen molar-refractivity contribution in [1.29, 1.82) is 0 Å². The van der Waals surface area contributed by atoms with Crippen molar-refractivity contribution in [3.8, 4) is 0 Å². The van der Waals surface area contributed by atoms with Gasteiger partial charge in [0.25, 0.3) is 0 Å². The number of nitrogens with two attached hydrogens (primary N) is 1. The molecule has 1 unspecified atom stereocenters. The summed E-state index contributed by atoms with van der Waals surface area (Å²) in [4.78, 5) is 12.0. The molecule has 3 N–H and O–H groups in total. The molecule has 0 amide bonds. The van der Waals surface area contributed by atoms with Gasteiger partial charge in [0.2, 0.25) is 0 Å². The lowest BCUT2D eigenvalue weighted by atomic mass is 10.1. The number of hydrogen-bond acceptors (Lipinski definition) is 4. The van der Waals surface area contributed by atoms with Gasteiger partial charge in [-0.1, -0.05) is 36.4 Å². The van der Waals surface area contributed by atoms with Gasteiger partial charge < -0.3 is 15.8 Å². The standard InChI is InChI=1S/C16H18N2O2/c1-11-8-9-13(10-14(11)17)18-15(16(19)20-2)12-6-4-3-5-7-12/h3-10,15,18H,17H2,1-2H3. The lowest BCUT2D eigenvalue weighted by Crippen LogP contribution is -2.22. The van der Waals surface area contributed by atoms with Crippen LogP contribution < -0.4 is 11.1 Å². The van der Waals surface area contributed by atoms with Crippen molar-refractivity contribution in [2.45, 2.75) is 13.0 Å². The first-order valence-electron chi connectivity index (χ1n) is 6.37. The number of esters is 1. The summed E-state index contributed by atoms with van der Waals surface area (Å²) >= 11 is 0. The Bertz CT molecular complexity index is 597. The summed E-state index contributed by atoms with van der Waals surface area (Å²) < 4.78 is 4.86. The van der Waals surface area contributed by atoms with E-state index in [9.17, 15) is 4.79 Å². The number of benzene rings is 2. The Balaban J connectivity index is 2.28. The van der Waals surface area contributed by atoms with Gasteiger partial charge in [0, 0.05) is 11.4 Å². The number of rotatable bonds is 4. The van der Waals surface area contributed by atoms with Gasteiger partial charge in [0.05, 0.1) is 7.11 Å². The van der Waals surface area contributed by atoms with E-state index >= 15 is 0 Å². The average molecular weight is 270 g/mol. The van der Waals surface area contributed by atoms with E-state index in [0.29, 0.717) is 5.69 Å². The number of methoxy groups -OCH3 is 1. The highest BCUT2D eigenvalue weighted by atomic mass is 16.5. The molecular weight excluding hydrogens is 252 g/mol. The summed E-state index contributed by atoms with van der Waals surface area (Å²) in [5.41, 5.74) is 9.21. The van der Waals surface area contributed by atoms with E-state index in [0.717, 1.165) is 16.8 Å². The van der Waals surface area contributed by atoms with E-state index in [-0.39, 0.29) is 5.97 Å². The highest BCUT2D eigenvalue weighted by molar-refractivity contribution is 5.81. The molecule has 1 atom stereocenters. The molecule has 0 spiro atoms. The largest absolute Gasteiger partial charge is 0.467 e. The van der Waals surface area contributed by atoms with Crippen LogP contribution in [0.3, 0.4) is 0 Å². The third kappa shape index (κ3) is 3.09. The van der Waals surface area contributed by atoms with Crippen LogP contribution in [0.4, 0.5) is 11.4 Å². The van der Waals surface area contributed by atoms with Gasteiger partial charge in [-0.3, -0.25) is 0 Å². The van der Waals surface area contributed by atoms with Gasteiger partial charge in [0.1, 0.15) is 0 Å². The molecule has 4 nitrogen and oxygen atoms in total. The molecule has 0 radical (unpaired) electrons. The van der Waals surface area contributed by atoms with E-state index in [2.05, 4.69) is 5.32 Å². The van der Waals surface area contributed by atoms with Crippen LogP contribution >= 0.6 is 0 Å². The fourth-order valence-corrected chi connectivity index (χ4v) is 1.94. The predicted molar refractivity (Wildman–Crippen MR) is 80.4 cm³/mol. The predicted octanol–water partition coefficient (Wildman–Crippen LogP) is 2.90. The van der Waals surface area contributed by atoms with Gasteiger partial charge in [-0.25, -0.2) is 4.79 Å². The maximum atomic E-state index is 12.0. The Morgan fingerprint density at radius 2 is 1.90 bits per heavy atom. The van der Waals surface area contributed by atoms with E-state index in [1.54, 1.807) is 0 Å². The summed E-state index contributed by atoms with van der Waals surface area (Å²) in [5, 5.41) is 3.16. The summed E-state index contributed by atoms with van der Waals surface area (Å²) in [5.74, 6) is -0.338. The van der Waals surface area contributed by atoms with E-state index < -0.39 is 6.04 Å². The first-order valence-corrected chi connectivity index (χ1v) is 6.37. The number of aryl methyl sites for hydroxylation is 1. The third-order valence-corrected chi connectivity index (χ3v) is 3.16. The fraction of sp³-hybridized carbons (Fsp3) is 0.188. The van der Waals surface area contributed by atoms with Crippen LogP contribution in [0.1, 0.15) is 17.2 Å². The number of hydrogen-bond donors (Lipinski definition) is 2. The molecule has 0 saturated heterocycles. The number of ether oxygens (including phenoxy) is 1. The zero-order valence-electron chi connectivity index (χ0n) is 11.6. The molecule has 0 saturated carbocycles. The first kappa shape index (κ1) is 13.9. The minimum atomic E-state index is -0.552. The lowest BCUT2D eigenvalue weighted by Gasteiger charge is -2.18. The highest BCUT2D eigenvalue weighted by Crippen LogP contribution is 2.23. The Labute approximate surface area is 118 Å². The van der Waals surface area contributed by atoms with Crippen molar-refractivity contribution >= 4 is 17.3 Å². The van der Waals surface area contributed by atoms with Crippen LogP contribution in [0.25, 0.3) is 0 Å². The lowest BCUT2D eigenvalue weighted by molar-refractivity contribution is -0.141. The van der Waals surface area contributed by atoms with Gasteiger partial charge in [-0.05, 0) is 30.2 Å². The maximum Gasteiger partial charge on any atom is 0.332 e. The van der Waals surface area contributed by atoms with Gasteiger partial charge in [-0.15, -0.1) is 0 Å². The van der Waals surface area contributed by atoms with Crippen LogP contribution in [-0.4, -0.2) is 13.1 Å². The highest BCUT2D eigenvalue weighted by Gasteiger charge is 2.21. The molecule has 104 valence electrons. The second kappa shape index (κ2) is 6.10. The number of nitrogens with one attached hydrogen (secondary N) is 1. The molecule has 0 aliphatic rings. The minimum absolute atomic E-state index is 0.338. The molecule has 2 aromatic rings. The summed E-state index contributed by atoms with van der Waals surface area (Å²) in [6.45, 7) is 1.94. The second-order valence-electron chi connectivity index (χ2n) is 4.58. The molecule has 0 bridgehead atoms. The Kier molecular flexibility index (Phi) is 4.25.